The second-order valence-corrected chi connectivity index (χ2v) is 16.8. The van der Waals surface area contributed by atoms with E-state index in [-0.39, 0.29) is 5.41 Å². The quantitative estimate of drug-likeness (QED) is 0.169. The van der Waals surface area contributed by atoms with Gasteiger partial charge in [-0.15, -0.1) is 0 Å². The Bertz CT molecular complexity index is 3120. The van der Waals surface area contributed by atoms with Crippen LogP contribution in [0.1, 0.15) is 47.2 Å². The van der Waals surface area contributed by atoms with Crippen molar-refractivity contribution in [3.05, 3.63) is 246 Å². The zero-order valence-corrected chi connectivity index (χ0v) is 33.2. The molecule has 0 fully saturated rings. The van der Waals surface area contributed by atoms with Crippen LogP contribution in [0, 0.1) is 0 Å². The first kappa shape index (κ1) is 33.9. The van der Waals surface area contributed by atoms with E-state index in [2.05, 4.69) is 231 Å². The molecule has 1 heteroatoms. The zero-order chi connectivity index (χ0) is 39.3. The van der Waals surface area contributed by atoms with Crippen molar-refractivity contribution in [3.8, 4) is 55.6 Å². The highest BCUT2D eigenvalue weighted by Gasteiger charge is 2.53. The van der Waals surface area contributed by atoms with Gasteiger partial charge in [0, 0.05) is 22.4 Å². The number of anilines is 3. The van der Waals surface area contributed by atoms with Crippen molar-refractivity contribution < 1.29 is 0 Å². The van der Waals surface area contributed by atoms with Gasteiger partial charge >= 0.3 is 0 Å². The number of hydrogen-bond acceptors (Lipinski definition) is 1. The van der Waals surface area contributed by atoms with Gasteiger partial charge < -0.3 is 4.90 Å². The second kappa shape index (κ2) is 12.6. The van der Waals surface area contributed by atoms with Crippen molar-refractivity contribution in [2.75, 3.05) is 4.90 Å². The molecule has 9 aromatic rings. The van der Waals surface area contributed by atoms with Crippen LogP contribution in [-0.2, 0) is 10.8 Å². The van der Waals surface area contributed by atoms with Crippen LogP contribution in [0.4, 0.5) is 17.1 Å². The van der Waals surface area contributed by atoms with Crippen molar-refractivity contribution in [3.63, 3.8) is 0 Å². The Labute approximate surface area is 346 Å². The minimum Gasteiger partial charge on any atom is -0.310 e. The average Bonchev–Trinajstić information content (AvgIpc) is 3.86. The summed E-state index contributed by atoms with van der Waals surface area (Å²) in [7, 11) is 0. The van der Waals surface area contributed by atoms with E-state index in [4.69, 9.17) is 0 Å². The summed E-state index contributed by atoms with van der Waals surface area (Å²) in [6.45, 7) is 4.75. The number of hydrogen-bond donors (Lipinski definition) is 0. The van der Waals surface area contributed by atoms with Gasteiger partial charge in [0.25, 0.3) is 0 Å². The minimum atomic E-state index is -0.509. The Balaban J connectivity index is 1.14. The lowest BCUT2D eigenvalue weighted by Gasteiger charge is -2.33. The Morgan fingerprint density at radius 3 is 1.54 bits per heavy atom. The van der Waals surface area contributed by atoms with Crippen molar-refractivity contribution in [1.82, 2.24) is 0 Å². The van der Waals surface area contributed by atoms with Gasteiger partial charge in [-0.25, -0.2) is 0 Å². The SMILES string of the molecule is CC1(C)c2ccccc2-c2ccc(N(c3ccc(-c4ccccc4)cc3)c3cccc4c3-c3ccccc3C43c4ccccc4-c4cccc(-c5ccccc5)c43)cc21. The highest BCUT2D eigenvalue weighted by Crippen LogP contribution is 2.66. The maximum absolute atomic E-state index is 2.52. The maximum atomic E-state index is 2.52. The van der Waals surface area contributed by atoms with Gasteiger partial charge in [-0.3, -0.25) is 0 Å². The van der Waals surface area contributed by atoms with Gasteiger partial charge in [-0.2, -0.15) is 0 Å². The molecular formula is C58H41N. The Hall–Kier alpha value is -7.22. The summed E-state index contributed by atoms with van der Waals surface area (Å²) in [4.78, 5) is 2.52. The molecular weight excluding hydrogens is 711 g/mol. The largest absolute Gasteiger partial charge is 0.310 e. The van der Waals surface area contributed by atoms with Crippen molar-refractivity contribution in [1.29, 1.82) is 0 Å². The predicted molar refractivity (Wildman–Crippen MR) is 246 cm³/mol. The fraction of sp³-hybridized carbons (Fsp3) is 0.0690. The highest BCUT2D eigenvalue weighted by atomic mass is 15.1. The first-order valence-corrected chi connectivity index (χ1v) is 20.8. The molecule has 0 bridgehead atoms. The summed E-state index contributed by atoms with van der Waals surface area (Å²) in [6.07, 6.45) is 0. The van der Waals surface area contributed by atoms with Crippen LogP contribution >= 0.6 is 0 Å². The van der Waals surface area contributed by atoms with Gasteiger partial charge in [0.2, 0.25) is 0 Å². The van der Waals surface area contributed by atoms with Crippen LogP contribution in [0.15, 0.2) is 212 Å². The van der Waals surface area contributed by atoms with Crippen molar-refractivity contribution in [2.24, 2.45) is 0 Å². The van der Waals surface area contributed by atoms with Crippen LogP contribution < -0.4 is 4.90 Å². The van der Waals surface area contributed by atoms with Gasteiger partial charge in [0.15, 0.2) is 0 Å². The molecule has 3 aliphatic rings. The Morgan fingerprint density at radius 1 is 0.322 bits per heavy atom. The third-order valence-corrected chi connectivity index (χ3v) is 13.5. The van der Waals surface area contributed by atoms with E-state index in [1.165, 1.54) is 94.7 Å². The summed E-state index contributed by atoms with van der Waals surface area (Å²) in [5.74, 6) is 0. The highest BCUT2D eigenvalue weighted by molar-refractivity contribution is 6.03. The molecule has 59 heavy (non-hydrogen) atoms. The molecule has 0 saturated heterocycles. The number of benzene rings is 9. The summed E-state index contributed by atoms with van der Waals surface area (Å²) in [5, 5.41) is 0. The molecule has 1 unspecified atom stereocenters. The molecule has 278 valence electrons. The molecule has 9 aromatic carbocycles. The lowest BCUT2D eigenvalue weighted by molar-refractivity contribution is 0.660. The van der Waals surface area contributed by atoms with E-state index < -0.39 is 5.41 Å². The minimum absolute atomic E-state index is 0.134. The summed E-state index contributed by atoms with van der Waals surface area (Å²) < 4.78 is 0. The van der Waals surface area contributed by atoms with Crippen LogP contribution in [0.3, 0.4) is 0 Å². The molecule has 0 amide bonds. The number of rotatable bonds is 5. The third kappa shape index (κ3) is 4.67. The maximum Gasteiger partial charge on any atom is 0.0732 e. The fourth-order valence-electron chi connectivity index (χ4n) is 11.0. The van der Waals surface area contributed by atoms with Gasteiger partial charge in [0.05, 0.1) is 11.1 Å². The smallest absolute Gasteiger partial charge is 0.0732 e. The van der Waals surface area contributed by atoms with Gasteiger partial charge in [0.1, 0.15) is 0 Å². The summed E-state index contributed by atoms with van der Waals surface area (Å²) in [5.41, 5.74) is 23.7. The number of fused-ring (bicyclic) bond motifs is 13. The molecule has 0 radical (unpaired) electrons. The average molecular weight is 752 g/mol. The zero-order valence-electron chi connectivity index (χ0n) is 33.2. The van der Waals surface area contributed by atoms with Crippen LogP contribution in [0.25, 0.3) is 55.6 Å². The topological polar surface area (TPSA) is 3.24 Å². The molecule has 1 nitrogen and oxygen atoms in total. The fourth-order valence-corrected chi connectivity index (χ4v) is 11.0. The van der Waals surface area contributed by atoms with Gasteiger partial charge in [-0.05, 0) is 114 Å². The molecule has 1 atom stereocenters. The Morgan fingerprint density at radius 2 is 0.814 bits per heavy atom. The lowest BCUT2D eigenvalue weighted by atomic mass is 9.68. The second-order valence-electron chi connectivity index (χ2n) is 16.8. The van der Waals surface area contributed by atoms with E-state index in [9.17, 15) is 0 Å². The van der Waals surface area contributed by atoms with Gasteiger partial charge in [-0.1, -0.05) is 196 Å². The number of nitrogens with zero attached hydrogens (tertiary/aromatic N) is 1. The molecule has 0 heterocycles. The van der Waals surface area contributed by atoms with E-state index in [0.29, 0.717) is 0 Å². The van der Waals surface area contributed by atoms with Crippen molar-refractivity contribution >= 4 is 17.1 Å². The predicted octanol–water partition coefficient (Wildman–Crippen LogP) is 15.1. The molecule has 0 aromatic heterocycles. The van der Waals surface area contributed by atoms with E-state index >= 15 is 0 Å². The third-order valence-electron chi connectivity index (χ3n) is 13.5. The molecule has 12 rings (SSSR count). The van der Waals surface area contributed by atoms with E-state index in [0.717, 1.165) is 11.4 Å². The molecule has 0 aliphatic heterocycles. The van der Waals surface area contributed by atoms with E-state index in [1.54, 1.807) is 0 Å². The van der Waals surface area contributed by atoms with Crippen LogP contribution in [0.5, 0.6) is 0 Å². The molecule has 3 aliphatic carbocycles. The van der Waals surface area contributed by atoms with Crippen molar-refractivity contribution in [2.45, 2.75) is 24.7 Å². The first-order valence-electron chi connectivity index (χ1n) is 20.8. The molecule has 1 spiro atoms. The van der Waals surface area contributed by atoms with Crippen LogP contribution in [0.2, 0.25) is 0 Å². The monoisotopic (exact) mass is 751 g/mol. The summed E-state index contributed by atoms with van der Waals surface area (Å²) in [6, 6.07) is 79.2. The Kier molecular flexibility index (Phi) is 7.26. The summed E-state index contributed by atoms with van der Waals surface area (Å²) >= 11 is 0. The normalized spacial score (nSPS) is 15.8. The lowest BCUT2D eigenvalue weighted by Crippen LogP contribution is -2.26. The van der Waals surface area contributed by atoms with Crippen LogP contribution in [-0.4, -0.2) is 0 Å². The van der Waals surface area contributed by atoms with E-state index in [1.807, 2.05) is 0 Å². The molecule has 0 saturated carbocycles. The standard InChI is InChI=1S/C58H41N/c1-57(2)49-26-12-9-21-44(49)46-36-35-42(37-53(46)57)59(41-33-31-39(32-34-41)38-17-5-3-6-18-38)54-30-16-29-52-55(54)48-23-11-14-28-51(48)58(52)50-27-13-10-22-45(50)47-25-15-24-43(56(47)58)40-19-7-4-8-20-40/h3-37H,1-2H3. The molecule has 0 N–H and O–H groups in total. The first-order chi connectivity index (χ1) is 29.0.